The first-order valence-corrected chi connectivity index (χ1v) is 7.02. The highest BCUT2D eigenvalue weighted by Crippen LogP contribution is 2.37. The fourth-order valence-corrected chi connectivity index (χ4v) is 2.39. The molecule has 0 unspecified atom stereocenters. The van der Waals surface area contributed by atoms with Gasteiger partial charge in [-0.15, -0.1) is 0 Å². The van der Waals surface area contributed by atoms with Gasteiger partial charge in [0.2, 0.25) is 5.95 Å². The van der Waals surface area contributed by atoms with Gasteiger partial charge in [0.1, 0.15) is 0 Å². The number of hydrogen-bond acceptors (Lipinski definition) is 5. The van der Waals surface area contributed by atoms with Crippen molar-refractivity contribution in [1.29, 1.82) is 0 Å². The molecule has 0 saturated heterocycles. The lowest BCUT2D eigenvalue weighted by atomic mass is 10.00. The summed E-state index contributed by atoms with van der Waals surface area (Å²) in [5.74, 6) is -1.73. The van der Waals surface area contributed by atoms with Crippen molar-refractivity contribution in [3.63, 3.8) is 0 Å². The zero-order valence-electron chi connectivity index (χ0n) is 12.5. The van der Waals surface area contributed by atoms with E-state index in [1.165, 1.54) is 4.68 Å². The quantitative estimate of drug-likeness (QED) is 0.846. The molecule has 1 aromatic carbocycles. The lowest BCUT2D eigenvalue weighted by Gasteiger charge is -2.15. The number of anilines is 1. The molecule has 2 aromatic rings. The summed E-state index contributed by atoms with van der Waals surface area (Å²) in [4.78, 5) is 23.8. The van der Waals surface area contributed by atoms with Crippen LogP contribution in [0.3, 0.4) is 0 Å². The summed E-state index contributed by atoms with van der Waals surface area (Å²) in [6, 6.07) is 1.54. The Bertz CT molecular complexity index is 803. The maximum absolute atomic E-state index is 13.0. The summed E-state index contributed by atoms with van der Waals surface area (Å²) < 4.78 is 40.2. The van der Waals surface area contributed by atoms with Crippen molar-refractivity contribution in [2.45, 2.75) is 26.6 Å². The van der Waals surface area contributed by atoms with Gasteiger partial charge in [0.15, 0.2) is 5.78 Å². The van der Waals surface area contributed by atoms with E-state index < -0.39 is 34.0 Å². The minimum absolute atomic E-state index is 0.00263. The molecule has 0 atom stereocenters. The van der Waals surface area contributed by atoms with Gasteiger partial charge in [0.05, 0.1) is 16.1 Å². The Morgan fingerprint density at radius 3 is 2.54 bits per heavy atom. The number of nitrogens with zero attached hydrogens (tertiary/aromatic N) is 4. The second-order valence-corrected chi connectivity index (χ2v) is 5.05. The fraction of sp³-hybridized carbons (Fsp3) is 0.308. The average Bonchev–Trinajstić information content (AvgIpc) is 2.92. The summed E-state index contributed by atoms with van der Waals surface area (Å²) in [7, 11) is 0. The molecule has 7 nitrogen and oxygen atoms in total. The van der Waals surface area contributed by atoms with Crippen LogP contribution in [0.25, 0.3) is 0 Å². The SMILES string of the molecule is CCn1nnnc1NC(=O)c1ccc(C(F)(F)F)c(C(C)=O)c1Cl. The second kappa shape index (κ2) is 6.56. The van der Waals surface area contributed by atoms with Crippen molar-refractivity contribution >= 4 is 29.2 Å². The van der Waals surface area contributed by atoms with Crippen molar-refractivity contribution in [2.75, 3.05) is 5.32 Å². The normalized spacial score (nSPS) is 11.4. The van der Waals surface area contributed by atoms with Crippen LogP contribution >= 0.6 is 11.6 Å². The van der Waals surface area contributed by atoms with Crippen molar-refractivity contribution in [3.05, 3.63) is 33.8 Å². The molecule has 0 spiro atoms. The molecule has 0 saturated carbocycles. The van der Waals surface area contributed by atoms with E-state index in [1.807, 2.05) is 0 Å². The molecule has 1 heterocycles. The van der Waals surface area contributed by atoms with Gasteiger partial charge in [0.25, 0.3) is 5.91 Å². The predicted octanol–water partition coefficient (Wildman–Crippen LogP) is 2.82. The van der Waals surface area contributed by atoms with E-state index in [-0.39, 0.29) is 11.5 Å². The predicted molar refractivity (Wildman–Crippen MR) is 77.9 cm³/mol. The number of Topliss-reactive ketones (excluding diaryl/α,β-unsaturated/α-hetero) is 1. The van der Waals surface area contributed by atoms with Crippen molar-refractivity contribution in [2.24, 2.45) is 0 Å². The monoisotopic (exact) mass is 361 g/mol. The highest BCUT2D eigenvalue weighted by molar-refractivity contribution is 6.37. The molecule has 2 rings (SSSR count). The number of aromatic nitrogens is 4. The number of benzene rings is 1. The Morgan fingerprint density at radius 1 is 1.33 bits per heavy atom. The van der Waals surface area contributed by atoms with Crippen LogP contribution in [0.5, 0.6) is 0 Å². The van der Waals surface area contributed by atoms with E-state index in [4.69, 9.17) is 11.6 Å². The number of amides is 1. The largest absolute Gasteiger partial charge is 0.417 e. The zero-order chi connectivity index (χ0) is 18.1. The molecule has 1 N–H and O–H groups in total. The molecule has 0 radical (unpaired) electrons. The Morgan fingerprint density at radius 2 is 2.00 bits per heavy atom. The number of carbonyl (C=O) groups excluding carboxylic acids is 2. The van der Waals surface area contributed by atoms with Crippen LogP contribution in [0.2, 0.25) is 5.02 Å². The smallest absolute Gasteiger partial charge is 0.294 e. The maximum atomic E-state index is 13.0. The molecule has 128 valence electrons. The highest BCUT2D eigenvalue weighted by atomic mass is 35.5. The van der Waals surface area contributed by atoms with Gasteiger partial charge in [-0.25, -0.2) is 4.68 Å². The second-order valence-electron chi connectivity index (χ2n) is 4.68. The minimum atomic E-state index is -4.77. The number of tetrazole rings is 1. The van der Waals surface area contributed by atoms with Crippen LogP contribution in [0.1, 0.15) is 40.1 Å². The van der Waals surface area contributed by atoms with Gasteiger partial charge >= 0.3 is 6.18 Å². The number of carbonyl (C=O) groups is 2. The molecule has 0 aliphatic heterocycles. The van der Waals surface area contributed by atoms with Crippen LogP contribution in [0.15, 0.2) is 12.1 Å². The third-order valence-electron chi connectivity index (χ3n) is 3.10. The molecular weight excluding hydrogens is 351 g/mol. The summed E-state index contributed by atoms with van der Waals surface area (Å²) >= 11 is 5.88. The van der Waals surface area contributed by atoms with E-state index in [0.29, 0.717) is 12.6 Å². The number of rotatable bonds is 4. The molecule has 0 aliphatic carbocycles. The number of alkyl halides is 3. The molecule has 1 amide bonds. The summed E-state index contributed by atoms with van der Waals surface area (Å²) in [5.41, 5.74) is -2.25. The summed E-state index contributed by atoms with van der Waals surface area (Å²) in [5, 5.41) is 12.3. The van der Waals surface area contributed by atoms with Gasteiger partial charge in [-0.2, -0.15) is 13.2 Å². The van der Waals surface area contributed by atoms with Gasteiger partial charge in [0, 0.05) is 12.1 Å². The first-order chi connectivity index (χ1) is 11.2. The number of ketones is 1. The Labute approximate surface area is 138 Å². The number of aryl methyl sites for hydroxylation is 1. The van der Waals surface area contributed by atoms with E-state index >= 15 is 0 Å². The minimum Gasteiger partial charge on any atom is -0.294 e. The molecule has 11 heteroatoms. The number of halogens is 4. The Kier molecular flexibility index (Phi) is 4.88. The van der Waals surface area contributed by atoms with Crippen molar-refractivity contribution in [1.82, 2.24) is 20.2 Å². The van der Waals surface area contributed by atoms with E-state index in [0.717, 1.165) is 13.0 Å². The number of nitrogens with one attached hydrogen (secondary N) is 1. The van der Waals surface area contributed by atoms with Gasteiger partial charge in [-0.1, -0.05) is 16.7 Å². The molecule has 0 fully saturated rings. The Hall–Kier alpha value is -2.49. The molecule has 0 bridgehead atoms. The van der Waals surface area contributed by atoms with E-state index in [2.05, 4.69) is 20.8 Å². The van der Waals surface area contributed by atoms with Gasteiger partial charge in [-0.05, 0) is 36.4 Å². The molecule has 0 aliphatic rings. The van der Waals surface area contributed by atoms with Gasteiger partial charge in [-0.3, -0.25) is 14.9 Å². The zero-order valence-corrected chi connectivity index (χ0v) is 13.2. The molecule has 1 aromatic heterocycles. The van der Waals surface area contributed by atoms with E-state index in [1.54, 1.807) is 6.92 Å². The summed E-state index contributed by atoms with van der Waals surface area (Å²) in [6.45, 7) is 3.03. The highest BCUT2D eigenvalue weighted by Gasteiger charge is 2.36. The van der Waals surface area contributed by atoms with Crippen LogP contribution in [-0.4, -0.2) is 31.9 Å². The van der Waals surface area contributed by atoms with Crippen LogP contribution in [0.4, 0.5) is 19.1 Å². The first kappa shape index (κ1) is 17.9. The molecule has 24 heavy (non-hydrogen) atoms. The summed E-state index contributed by atoms with van der Waals surface area (Å²) in [6.07, 6.45) is -4.77. The van der Waals surface area contributed by atoms with Gasteiger partial charge < -0.3 is 0 Å². The van der Waals surface area contributed by atoms with Crippen LogP contribution in [0, 0.1) is 0 Å². The fourth-order valence-electron chi connectivity index (χ4n) is 2.01. The molecular formula is C13H11ClF3N5O2. The van der Waals surface area contributed by atoms with E-state index in [9.17, 15) is 22.8 Å². The van der Waals surface area contributed by atoms with Crippen LogP contribution < -0.4 is 5.32 Å². The third kappa shape index (κ3) is 3.37. The lowest BCUT2D eigenvalue weighted by molar-refractivity contribution is -0.137. The standard InChI is InChI=1S/C13H11ClF3N5O2/c1-3-22-12(19-20-21-22)18-11(24)7-4-5-8(13(15,16)17)9(6(2)23)10(7)14/h4-5H,3H2,1-2H3,(H,18,19,21,24). The number of hydrogen-bond donors (Lipinski definition) is 1. The Balaban J connectivity index is 2.46. The van der Waals surface area contributed by atoms with Crippen molar-refractivity contribution in [3.8, 4) is 0 Å². The van der Waals surface area contributed by atoms with Crippen LogP contribution in [-0.2, 0) is 12.7 Å². The van der Waals surface area contributed by atoms with Crippen molar-refractivity contribution < 1.29 is 22.8 Å². The average molecular weight is 362 g/mol. The maximum Gasteiger partial charge on any atom is 0.417 e. The topological polar surface area (TPSA) is 89.8 Å². The lowest BCUT2D eigenvalue weighted by Crippen LogP contribution is -2.19. The third-order valence-corrected chi connectivity index (χ3v) is 3.49. The first-order valence-electron chi connectivity index (χ1n) is 6.65.